The van der Waals surface area contributed by atoms with E-state index in [0.29, 0.717) is 11.3 Å². The number of piperazine rings is 1. The van der Waals surface area contributed by atoms with Crippen molar-refractivity contribution in [2.45, 2.75) is 38.0 Å². The number of hydrogen-bond donors (Lipinski definition) is 0. The monoisotopic (exact) mass is 416 g/mol. The van der Waals surface area contributed by atoms with E-state index in [0.717, 1.165) is 51.4 Å². The first-order valence-corrected chi connectivity index (χ1v) is 12.3. The summed E-state index contributed by atoms with van der Waals surface area (Å²) in [6.07, 6.45) is 17.8. The van der Waals surface area contributed by atoms with E-state index in [2.05, 4.69) is 65.3 Å². The predicted octanol–water partition coefficient (Wildman–Crippen LogP) is 4.59. The molecular formula is C22H32N4S2. The Morgan fingerprint density at radius 3 is 2.71 bits per heavy atom. The molecule has 0 saturated carbocycles. The van der Waals surface area contributed by atoms with E-state index in [4.69, 9.17) is 4.99 Å². The van der Waals surface area contributed by atoms with Gasteiger partial charge in [-0.3, -0.25) is 9.89 Å². The molecule has 2 unspecified atom stereocenters. The fourth-order valence-electron chi connectivity index (χ4n) is 3.58. The lowest BCUT2D eigenvalue weighted by atomic mass is 10.0. The first kappa shape index (κ1) is 21.5. The maximum Gasteiger partial charge on any atom is 0.124 e. The Bertz CT molecular complexity index is 697. The number of rotatable bonds is 4. The van der Waals surface area contributed by atoms with E-state index in [1.165, 1.54) is 10.5 Å². The molecule has 0 bridgehead atoms. The van der Waals surface area contributed by atoms with Crippen LogP contribution in [0, 0.1) is 0 Å². The molecule has 3 aliphatic heterocycles. The van der Waals surface area contributed by atoms with E-state index in [9.17, 15) is 0 Å². The van der Waals surface area contributed by atoms with Crippen molar-refractivity contribution in [3.63, 3.8) is 0 Å². The highest BCUT2D eigenvalue weighted by molar-refractivity contribution is 8.12. The molecule has 0 N–H and O–H groups in total. The number of aliphatic imine (C=N–C) groups is 2. The Kier molecular flexibility index (Phi) is 8.49. The van der Waals surface area contributed by atoms with Gasteiger partial charge in [-0.1, -0.05) is 24.3 Å². The van der Waals surface area contributed by atoms with Crippen molar-refractivity contribution in [3.8, 4) is 0 Å². The zero-order valence-electron chi connectivity index (χ0n) is 17.3. The van der Waals surface area contributed by atoms with Crippen LogP contribution in [0.2, 0.25) is 0 Å². The maximum absolute atomic E-state index is 4.77. The molecule has 0 spiro atoms. The van der Waals surface area contributed by atoms with Crippen LogP contribution in [0.15, 0.2) is 56.7 Å². The van der Waals surface area contributed by atoms with Crippen molar-refractivity contribution in [1.29, 1.82) is 0 Å². The molecule has 4 nitrogen and oxygen atoms in total. The summed E-state index contributed by atoms with van der Waals surface area (Å²) in [7, 11) is 0. The molecule has 0 amide bonds. The van der Waals surface area contributed by atoms with E-state index in [-0.39, 0.29) is 0 Å². The van der Waals surface area contributed by atoms with Crippen molar-refractivity contribution < 1.29 is 0 Å². The molecular weight excluding hydrogens is 384 g/mol. The van der Waals surface area contributed by atoms with Crippen molar-refractivity contribution >= 4 is 35.3 Å². The molecule has 1 saturated heterocycles. The summed E-state index contributed by atoms with van der Waals surface area (Å²) in [5.41, 5.74) is 3.37. The van der Waals surface area contributed by atoms with Crippen LogP contribution < -0.4 is 0 Å². The van der Waals surface area contributed by atoms with Crippen LogP contribution >= 0.6 is 23.5 Å². The van der Waals surface area contributed by atoms with Gasteiger partial charge in [-0.2, -0.15) is 0 Å². The third-order valence-corrected chi connectivity index (χ3v) is 7.01. The fraction of sp³-hybridized carbons (Fsp3) is 0.545. The summed E-state index contributed by atoms with van der Waals surface area (Å²) < 4.78 is 0. The molecule has 2 atom stereocenters. The van der Waals surface area contributed by atoms with Crippen LogP contribution in [0.4, 0.5) is 0 Å². The van der Waals surface area contributed by atoms with Crippen LogP contribution in [0.25, 0.3) is 0 Å². The van der Waals surface area contributed by atoms with E-state index >= 15 is 0 Å². The summed E-state index contributed by atoms with van der Waals surface area (Å²) >= 11 is 3.55. The molecule has 28 heavy (non-hydrogen) atoms. The Balaban J connectivity index is 1.60. The van der Waals surface area contributed by atoms with Crippen LogP contribution in [0.1, 0.15) is 26.7 Å². The average molecular weight is 417 g/mol. The van der Waals surface area contributed by atoms with Gasteiger partial charge in [0.15, 0.2) is 0 Å². The van der Waals surface area contributed by atoms with Crippen molar-refractivity contribution in [3.05, 3.63) is 46.7 Å². The molecule has 0 aliphatic carbocycles. The van der Waals surface area contributed by atoms with Gasteiger partial charge in [0, 0.05) is 48.6 Å². The highest BCUT2D eigenvalue weighted by atomic mass is 32.2. The van der Waals surface area contributed by atoms with E-state index < -0.39 is 0 Å². The highest BCUT2D eigenvalue weighted by Crippen LogP contribution is 2.21. The number of allylic oxidation sites excluding steroid dienone is 3. The second kappa shape index (κ2) is 11.1. The largest absolute Gasteiger partial charge is 0.354 e. The van der Waals surface area contributed by atoms with Gasteiger partial charge in [-0.05, 0) is 44.6 Å². The van der Waals surface area contributed by atoms with Gasteiger partial charge in [-0.25, -0.2) is 4.99 Å². The SMILES string of the molecule is CSC1=CCCC=C(N2CCN(C(C)C3=C/C/N=C\SC(C)/C=C\3)CC2)/N=C\1. The molecule has 1 fully saturated rings. The predicted molar refractivity (Wildman–Crippen MR) is 128 cm³/mol. The maximum atomic E-state index is 4.77. The Hall–Kier alpha value is -1.24. The lowest BCUT2D eigenvalue weighted by molar-refractivity contribution is 0.136. The first-order valence-electron chi connectivity index (χ1n) is 10.2. The van der Waals surface area contributed by atoms with E-state index in [1.807, 2.05) is 11.8 Å². The summed E-state index contributed by atoms with van der Waals surface area (Å²) in [5, 5.41) is 0.471. The molecule has 0 aromatic carbocycles. The van der Waals surface area contributed by atoms with Crippen molar-refractivity contribution in [2.24, 2.45) is 9.98 Å². The van der Waals surface area contributed by atoms with Crippen molar-refractivity contribution in [2.75, 3.05) is 39.0 Å². The molecule has 3 aliphatic rings. The Labute approximate surface area is 178 Å². The zero-order chi connectivity index (χ0) is 19.8. The number of thioether (sulfide) groups is 2. The summed E-state index contributed by atoms with van der Waals surface area (Å²) in [6, 6.07) is 0.421. The number of nitrogens with zero attached hydrogens (tertiary/aromatic N) is 4. The molecule has 0 aromatic rings. The zero-order valence-corrected chi connectivity index (χ0v) is 18.9. The minimum absolute atomic E-state index is 0.421. The second-order valence-electron chi connectivity index (χ2n) is 7.28. The summed E-state index contributed by atoms with van der Waals surface area (Å²) in [5.74, 6) is 1.15. The molecule has 6 heteroatoms. The van der Waals surface area contributed by atoms with E-state index in [1.54, 1.807) is 23.5 Å². The van der Waals surface area contributed by atoms with Gasteiger partial charge >= 0.3 is 0 Å². The van der Waals surface area contributed by atoms with Crippen LogP contribution in [0.5, 0.6) is 0 Å². The Morgan fingerprint density at radius 2 is 1.93 bits per heavy atom. The fourth-order valence-corrected chi connectivity index (χ4v) is 4.56. The average Bonchev–Trinajstić information content (AvgIpc) is 2.80. The lowest BCUT2D eigenvalue weighted by Crippen LogP contribution is -2.49. The molecule has 0 radical (unpaired) electrons. The molecule has 3 heterocycles. The van der Waals surface area contributed by atoms with Gasteiger partial charge in [0.25, 0.3) is 0 Å². The lowest BCUT2D eigenvalue weighted by Gasteiger charge is -2.39. The standard InChI is InChI=1S/C22H32N4S2/c1-18-8-9-20(10-11-23-17-28-18)19(2)25-12-14-26(15-13-25)22-7-5-4-6-21(27-3)16-24-22/h6-10,16-19H,4-5,11-15H2,1-3H3/b9-8-,20-10+,21-6?,22-7?,23-17-,24-16-. The molecule has 0 aromatic heterocycles. The van der Waals surface area contributed by atoms with Gasteiger partial charge in [-0.15, -0.1) is 23.5 Å². The number of hydrogen-bond acceptors (Lipinski definition) is 6. The third kappa shape index (κ3) is 6.13. The first-order chi connectivity index (χ1) is 13.7. The topological polar surface area (TPSA) is 31.2 Å². The van der Waals surface area contributed by atoms with Crippen LogP contribution in [0.3, 0.4) is 0 Å². The summed E-state index contributed by atoms with van der Waals surface area (Å²) in [6.45, 7) is 9.53. The van der Waals surface area contributed by atoms with Crippen LogP contribution in [-0.2, 0) is 0 Å². The summed E-state index contributed by atoms with van der Waals surface area (Å²) in [4.78, 5) is 15.6. The van der Waals surface area contributed by atoms with Gasteiger partial charge < -0.3 is 4.90 Å². The van der Waals surface area contributed by atoms with Gasteiger partial charge in [0.1, 0.15) is 5.82 Å². The molecule has 3 rings (SSSR count). The van der Waals surface area contributed by atoms with Gasteiger partial charge in [0.05, 0.1) is 12.1 Å². The minimum atomic E-state index is 0.421. The van der Waals surface area contributed by atoms with Crippen LogP contribution in [-0.4, -0.2) is 71.8 Å². The van der Waals surface area contributed by atoms with Gasteiger partial charge in [0.2, 0.25) is 0 Å². The second-order valence-corrected chi connectivity index (χ2v) is 9.39. The highest BCUT2D eigenvalue weighted by Gasteiger charge is 2.23. The smallest absolute Gasteiger partial charge is 0.124 e. The Morgan fingerprint density at radius 1 is 1.14 bits per heavy atom. The quantitative estimate of drug-likeness (QED) is 0.671. The third-order valence-electron chi connectivity index (χ3n) is 5.41. The molecule has 152 valence electrons. The minimum Gasteiger partial charge on any atom is -0.354 e. The van der Waals surface area contributed by atoms with Crippen molar-refractivity contribution in [1.82, 2.24) is 9.80 Å². The normalized spacial score (nSPS) is 30.9.